The quantitative estimate of drug-likeness (QED) is 0.607. The lowest BCUT2D eigenvalue weighted by atomic mass is 10.1. The van der Waals surface area contributed by atoms with Gasteiger partial charge in [-0.3, -0.25) is 10.1 Å². The van der Waals surface area contributed by atoms with Crippen LogP contribution in [0.4, 0.5) is 4.79 Å². The molecule has 13 heavy (non-hydrogen) atoms. The first-order valence-corrected chi connectivity index (χ1v) is 3.82. The molecule has 1 saturated heterocycles. The molecule has 2 rings (SSSR count). The van der Waals surface area contributed by atoms with Gasteiger partial charge in [-0.1, -0.05) is 30.3 Å². The molecular weight excluding hydrogens is 168 g/mol. The first-order chi connectivity index (χ1) is 6.27. The highest BCUT2D eigenvalue weighted by Gasteiger charge is 2.31. The SMILES string of the molecule is O=C1N[C](c2ccccc2)C(=O)N1. The van der Waals surface area contributed by atoms with Crippen molar-refractivity contribution >= 4 is 11.9 Å². The maximum Gasteiger partial charge on any atom is 0.322 e. The Morgan fingerprint density at radius 2 is 1.62 bits per heavy atom. The number of nitrogens with one attached hydrogen (secondary N) is 2. The number of amides is 3. The average molecular weight is 175 g/mol. The molecule has 65 valence electrons. The number of carbonyl (C=O) groups excluding carboxylic acids is 2. The van der Waals surface area contributed by atoms with E-state index < -0.39 is 6.03 Å². The van der Waals surface area contributed by atoms with Crippen LogP contribution in [-0.4, -0.2) is 11.9 Å². The van der Waals surface area contributed by atoms with Crippen LogP contribution in [0.25, 0.3) is 0 Å². The van der Waals surface area contributed by atoms with E-state index in [0.717, 1.165) is 0 Å². The molecule has 1 aliphatic heterocycles. The Kier molecular flexibility index (Phi) is 1.73. The molecule has 1 radical (unpaired) electrons. The van der Waals surface area contributed by atoms with Crippen molar-refractivity contribution in [1.82, 2.24) is 10.6 Å². The Bertz CT molecular complexity index is 348. The molecule has 4 nitrogen and oxygen atoms in total. The van der Waals surface area contributed by atoms with Crippen LogP contribution in [0.3, 0.4) is 0 Å². The third kappa shape index (κ3) is 1.38. The Morgan fingerprint density at radius 3 is 2.15 bits per heavy atom. The summed E-state index contributed by atoms with van der Waals surface area (Å²) in [5, 5.41) is 4.58. The number of hydrogen-bond acceptors (Lipinski definition) is 2. The van der Waals surface area contributed by atoms with E-state index in [1.54, 1.807) is 24.3 Å². The summed E-state index contributed by atoms with van der Waals surface area (Å²) < 4.78 is 0. The molecule has 0 spiro atoms. The Hall–Kier alpha value is -1.84. The maximum absolute atomic E-state index is 11.2. The van der Waals surface area contributed by atoms with E-state index in [-0.39, 0.29) is 5.91 Å². The van der Waals surface area contributed by atoms with Crippen LogP contribution in [0.1, 0.15) is 5.56 Å². The molecule has 4 heteroatoms. The molecule has 3 amide bonds. The first kappa shape index (κ1) is 7.79. The van der Waals surface area contributed by atoms with E-state index in [1.807, 2.05) is 6.07 Å². The van der Waals surface area contributed by atoms with E-state index in [4.69, 9.17) is 0 Å². The summed E-state index contributed by atoms with van der Waals surface area (Å²) in [5.41, 5.74) is 0.714. The molecule has 1 fully saturated rings. The summed E-state index contributed by atoms with van der Waals surface area (Å²) in [7, 11) is 0. The minimum atomic E-state index is -0.469. The number of urea groups is 1. The van der Waals surface area contributed by atoms with E-state index in [2.05, 4.69) is 10.6 Å². The summed E-state index contributed by atoms with van der Waals surface area (Å²) >= 11 is 0. The molecule has 1 heterocycles. The summed E-state index contributed by atoms with van der Waals surface area (Å²) in [6.07, 6.45) is 0. The van der Waals surface area contributed by atoms with Gasteiger partial charge in [0.2, 0.25) is 0 Å². The number of benzene rings is 1. The van der Waals surface area contributed by atoms with Gasteiger partial charge in [0.05, 0.1) is 0 Å². The predicted octanol–water partition coefficient (Wildman–Crippen LogP) is 0.406. The second kappa shape index (κ2) is 2.90. The van der Waals surface area contributed by atoms with Gasteiger partial charge in [0.15, 0.2) is 6.04 Å². The van der Waals surface area contributed by atoms with Crippen LogP contribution in [-0.2, 0) is 4.79 Å². The molecule has 0 aliphatic carbocycles. The van der Waals surface area contributed by atoms with Crippen molar-refractivity contribution in [3.63, 3.8) is 0 Å². The zero-order chi connectivity index (χ0) is 9.26. The largest absolute Gasteiger partial charge is 0.322 e. The van der Waals surface area contributed by atoms with Crippen molar-refractivity contribution in [3.05, 3.63) is 41.9 Å². The lowest BCUT2D eigenvalue weighted by Crippen LogP contribution is -2.22. The van der Waals surface area contributed by atoms with Crippen LogP contribution in [0, 0.1) is 6.04 Å². The molecule has 1 aliphatic rings. The fourth-order valence-corrected chi connectivity index (χ4v) is 1.18. The number of carbonyl (C=O) groups is 2. The van der Waals surface area contributed by atoms with Crippen LogP contribution in [0.2, 0.25) is 0 Å². The standard InChI is InChI=1S/C9H7N2O2/c12-8-7(10-9(13)11-8)6-4-2-1-3-5-6/h1-5H,(H2,10,11,12,13). The summed E-state index contributed by atoms with van der Waals surface area (Å²) in [5.74, 6) is -0.379. The zero-order valence-corrected chi connectivity index (χ0v) is 6.70. The van der Waals surface area contributed by atoms with Gasteiger partial charge >= 0.3 is 6.03 Å². The maximum atomic E-state index is 11.2. The summed E-state index contributed by atoms with van der Waals surface area (Å²) in [6.45, 7) is 0. The zero-order valence-electron chi connectivity index (χ0n) is 6.70. The molecule has 1 aromatic rings. The van der Waals surface area contributed by atoms with Crippen molar-refractivity contribution < 1.29 is 9.59 Å². The molecule has 2 N–H and O–H groups in total. The van der Waals surface area contributed by atoms with Gasteiger partial charge in [-0.15, -0.1) is 0 Å². The molecule has 0 saturated carbocycles. The Labute approximate surface area is 74.9 Å². The Morgan fingerprint density at radius 1 is 0.923 bits per heavy atom. The van der Waals surface area contributed by atoms with Gasteiger partial charge < -0.3 is 5.32 Å². The highest BCUT2D eigenvalue weighted by Crippen LogP contribution is 2.14. The van der Waals surface area contributed by atoms with Gasteiger partial charge in [0.25, 0.3) is 5.91 Å². The topological polar surface area (TPSA) is 58.2 Å². The molecule has 0 aromatic heterocycles. The molecule has 0 unspecified atom stereocenters. The summed E-state index contributed by atoms with van der Waals surface area (Å²) in [6, 6.07) is 8.83. The van der Waals surface area contributed by atoms with Crippen molar-refractivity contribution in [3.8, 4) is 0 Å². The average Bonchev–Trinajstić information content (AvgIpc) is 2.47. The highest BCUT2D eigenvalue weighted by atomic mass is 16.2. The van der Waals surface area contributed by atoms with Crippen molar-refractivity contribution in [2.45, 2.75) is 0 Å². The van der Waals surface area contributed by atoms with E-state index in [0.29, 0.717) is 11.6 Å². The fraction of sp³-hybridized carbons (Fsp3) is 0. The molecule has 0 atom stereocenters. The second-order valence-corrected chi connectivity index (χ2v) is 2.65. The third-order valence-electron chi connectivity index (χ3n) is 1.76. The van der Waals surface area contributed by atoms with Gasteiger partial charge in [0, 0.05) is 0 Å². The second-order valence-electron chi connectivity index (χ2n) is 2.65. The van der Waals surface area contributed by atoms with Crippen LogP contribution < -0.4 is 10.6 Å². The smallest absolute Gasteiger partial charge is 0.317 e. The number of rotatable bonds is 1. The minimum absolute atomic E-state index is 0.311. The van der Waals surface area contributed by atoms with Crippen LogP contribution in [0.5, 0.6) is 0 Å². The Balaban J connectivity index is 2.28. The minimum Gasteiger partial charge on any atom is -0.317 e. The molecular formula is C9H7N2O2. The van der Waals surface area contributed by atoms with Crippen LogP contribution in [0.15, 0.2) is 30.3 Å². The fourth-order valence-electron chi connectivity index (χ4n) is 1.18. The highest BCUT2D eigenvalue weighted by molar-refractivity contribution is 6.11. The van der Waals surface area contributed by atoms with Gasteiger partial charge in [-0.05, 0) is 5.56 Å². The molecule has 0 bridgehead atoms. The predicted molar refractivity (Wildman–Crippen MR) is 45.5 cm³/mol. The number of imide groups is 1. The van der Waals surface area contributed by atoms with Gasteiger partial charge in [0.1, 0.15) is 0 Å². The lowest BCUT2D eigenvalue weighted by molar-refractivity contribution is -0.117. The van der Waals surface area contributed by atoms with Crippen molar-refractivity contribution in [2.75, 3.05) is 0 Å². The third-order valence-corrected chi connectivity index (χ3v) is 1.76. The van der Waals surface area contributed by atoms with Gasteiger partial charge in [-0.25, -0.2) is 4.79 Å². The van der Waals surface area contributed by atoms with Gasteiger partial charge in [-0.2, -0.15) is 0 Å². The lowest BCUT2D eigenvalue weighted by Gasteiger charge is -2.03. The normalized spacial score (nSPS) is 16.9. The molecule has 1 aromatic carbocycles. The first-order valence-electron chi connectivity index (χ1n) is 3.82. The van der Waals surface area contributed by atoms with Crippen molar-refractivity contribution in [2.24, 2.45) is 0 Å². The van der Waals surface area contributed by atoms with Crippen LogP contribution >= 0.6 is 0 Å². The van der Waals surface area contributed by atoms with E-state index in [1.165, 1.54) is 0 Å². The van der Waals surface area contributed by atoms with Crippen molar-refractivity contribution in [1.29, 1.82) is 0 Å². The number of hydrogen-bond donors (Lipinski definition) is 2. The van der Waals surface area contributed by atoms with E-state index in [9.17, 15) is 9.59 Å². The summed E-state index contributed by atoms with van der Waals surface area (Å²) in [4.78, 5) is 21.9. The van der Waals surface area contributed by atoms with E-state index >= 15 is 0 Å². The monoisotopic (exact) mass is 175 g/mol.